The molecular formula is C45H33B3N6. The van der Waals surface area contributed by atoms with Crippen molar-refractivity contribution in [3.63, 3.8) is 0 Å². The average molecular weight is 690 g/mol. The second-order valence-corrected chi connectivity index (χ2v) is 13.7. The molecule has 0 amide bonds. The Bertz CT molecular complexity index is 2480. The second kappa shape index (κ2) is 13.6. The number of nitrogens with zero attached hydrogens (tertiary/aromatic N) is 6. The number of aromatic nitrogens is 3. The molecule has 0 spiro atoms. The minimum Gasteiger partial charge on any atom is -0.423 e. The number of allylic oxidation sites excluding steroid dienone is 6. The zero-order chi connectivity index (χ0) is 35.8. The molecule has 10 rings (SSSR count). The van der Waals surface area contributed by atoms with Crippen molar-refractivity contribution in [1.29, 1.82) is 0 Å². The van der Waals surface area contributed by atoms with Crippen molar-refractivity contribution in [3.05, 3.63) is 217 Å². The molecule has 6 nitrogen and oxygen atoms in total. The van der Waals surface area contributed by atoms with E-state index in [0.29, 0.717) is 17.5 Å². The Morgan fingerprint density at radius 1 is 0.389 bits per heavy atom. The molecule has 9 heteroatoms. The Hall–Kier alpha value is -6.86. The molecule has 1 fully saturated rings. The van der Waals surface area contributed by atoms with Crippen LogP contribution >= 0.6 is 0 Å². The third-order valence-electron chi connectivity index (χ3n) is 10.5. The van der Waals surface area contributed by atoms with E-state index < -0.39 is 0 Å². The smallest absolute Gasteiger partial charge is 0.388 e. The van der Waals surface area contributed by atoms with E-state index in [1.165, 1.54) is 33.3 Å². The van der Waals surface area contributed by atoms with Gasteiger partial charge >= 0.3 is 20.9 Å². The monoisotopic (exact) mass is 690 g/mol. The van der Waals surface area contributed by atoms with Gasteiger partial charge in [-0.1, -0.05) is 158 Å². The van der Waals surface area contributed by atoms with Crippen molar-refractivity contribution in [2.75, 3.05) is 0 Å². The molecule has 0 bridgehead atoms. The highest BCUT2D eigenvalue weighted by Crippen LogP contribution is 2.38. The maximum absolute atomic E-state index is 5.08. The Morgan fingerprint density at radius 3 is 1.52 bits per heavy atom. The highest BCUT2D eigenvalue weighted by Gasteiger charge is 2.53. The molecule has 4 aliphatic rings. The fourth-order valence-corrected chi connectivity index (χ4v) is 7.85. The fraction of sp³-hybridized carbons (Fsp3) is 0. The van der Waals surface area contributed by atoms with Gasteiger partial charge in [0.25, 0.3) is 0 Å². The van der Waals surface area contributed by atoms with E-state index >= 15 is 0 Å². The summed E-state index contributed by atoms with van der Waals surface area (Å²) in [6, 6.07) is 50.5. The van der Waals surface area contributed by atoms with E-state index in [9.17, 15) is 0 Å². The van der Waals surface area contributed by atoms with Gasteiger partial charge < -0.3 is 14.2 Å². The number of hydrogen-bond donors (Lipinski definition) is 0. The third-order valence-corrected chi connectivity index (χ3v) is 10.5. The Balaban J connectivity index is 1.08. The van der Waals surface area contributed by atoms with Crippen molar-refractivity contribution in [2.24, 2.45) is 0 Å². The standard InChI is InChI=1S/C45H33B3N6/c1-5-15-34(16-6-1)38-23-13-24-39(31-38)40-26-30-54-46(32-40)52-29-27-41(33-47(52)53-28-14-25-42(48(53)54)35-17-7-2-8-18-35)45-50-43(36-19-9-3-10-20-36)49-44(51-45)37-21-11-4-12-22-37/h1-33H. The van der Waals surface area contributed by atoms with Gasteiger partial charge in [-0.05, 0) is 76.2 Å². The van der Waals surface area contributed by atoms with Gasteiger partial charge in [-0.25, -0.2) is 15.0 Å². The summed E-state index contributed by atoms with van der Waals surface area (Å²) in [5.74, 6) is 6.67. The number of rotatable bonds is 6. The van der Waals surface area contributed by atoms with E-state index in [4.69, 9.17) is 15.0 Å². The zero-order valence-electron chi connectivity index (χ0n) is 29.5. The molecule has 0 N–H and O–H groups in total. The van der Waals surface area contributed by atoms with Crippen LogP contribution < -0.4 is 0 Å². The van der Waals surface area contributed by atoms with Gasteiger partial charge in [0, 0.05) is 16.7 Å². The molecule has 0 aliphatic carbocycles. The van der Waals surface area contributed by atoms with Crippen LogP contribution in [0.15, 0.2) is 200 Å². The van der Waals surface area contributed by atoms with Gasteiger partial charge in [-0.15, -0.1) is 0 Å². The van der Waals surface area contributed by atoms with E-state index in [2.05, 4.69) is 154 Å². The van der Waals surface area contributed by atoms with Crippen LogP contribution in [0.1, 0.15) is 17.0 Å². The molecule has 252 valence electrons. The highest BCUT2D eigenvalue weighted by molar-refractivity contribution is 6.97. The van der Waals surface area contributed by atoms with Crippen LogP contribution in [0.25, 0.3) is 50.5 Å². The molecule has 1 saturated heterocycles. The molecule has 0 atom stereocenters. The fourth-order valence-electron chi connectivity index (χ4n) is 7.85. The first-order chi connectivity index (χ1) is 26.8. The summed E-state index contributed by atoms with van der Waals surface area (Å²) in [4.78, 5) is 15.1. The first kappa shape index (κ1) is 31.8. The molecule has 0 unspecified atom stereocenters. The van der Waals surface area contributed by atoms with Crippen LogP contribution in [-0.4, -0.2) is 50.1 Å². The van der Waals surface area contributed by atoms with Crippen LogP contribution in [0.2, 0.25) is 0 Å². The lowest BCUT2D eigenvalue weighted by Gasteiger charge is -2.55. The molecule has 0 saturated carbocycles. The average Bonchev–Trinajstić information content (AvgIpc) is 3.27. The van der Waals surface area contributed by atoms with Gasteiger partial charge in [0.2, 0.25) is 0 Å². The van der Waals surface area contributed by atoms with E-state index in [-0.39, 0.29) is 20.9 Å². The first-order valence-electron chi connectivity index (χ1n) is 18.4. The first-order valence-corrected chi connectivity index (χ1v) is 18.4. The summed E-state index contributed by atoms with van der Waals surface area (Å²) in [5.41, 5.74) is 10.1. The van der Waals surface area contributed by atoms with Crippen molar-refractivity contribution in [2.45, 2.75) is 0 Å². The van der Waals surface area contributed by atoms with E-state index in [1.54, 1.807) is 0 Å². The summed E-state index contributed by atoms with van der Waals surface area (Å²) in [7, 11) is 0. The van der Waals surface area contributed by atoms with E-state index in [1.807, 2.05) is 60.7 Å². The van der Waals surface area contributed by atoms with Crippen molar-refractivity contribution in [1.82, 2.24) is 29.1 Å². The number of benzene rings is 5. The van der Waals surface area contributed by atoms with Gasteiger partial charge in [0.15, 0.2) is 17.5 Å². The topological polar surface area (TPSA) is 48.4 Å². The molecule has 1 aromatic heterocycles. The van der Waals surface area contributed by atoms with Gasteiger partial charge in [0.1, 0.15) is 0 Å². The van der Waals surface area contributed by atoms with Crippen LogP contribution in [0.4, 0.5) is 0 Å². The predicted octanol–water partition coefficient (Wildman–Crippen LogP) is 9.01. The van der Waals surface area contributed by atoms with Gasteiger partial charge in [-0.2, -0.15) is 0 Å². The van der Waals surface area contributed by atoms with E-state index in [0.717, 1.165) is 16.7 Å². The molecule has 0 radical (unpaired) electrons. The SMILES string of the molecule is C1=CN2B3C=C(c4nc(-c5ccccc5)nc(-c5ccccc5)n4)C=CN3B3C=C(c4cccc(-c5ccccc5)c4)C=CN3B2C(c2ccccc2)=C1. The molecule has 54 heavy (non-hydrogen) atoms. The third kappa shape index (κ3) is 5.80. The summed E-state index contributed by atoms with van der Waals surface area (Å²) in [5, 5.41) is 0. The predicted molar refractivity (Wildman–Crippen MR) is 223 cm³/mol. The number of fused-ring (bicyclic) bond motifs is 6. The minimum absolute atomic E-state index is 0.0459. The quantitative estimate of drug-likeness (QED) is 0.163. The molecule has 4 aliphatic heterocycles. The lowest BCUT2D eigenvalue weighted by atomic mass is 9.38. The molecule has 6 aromatic rings. The Labute approximate surface area is 316 Å². The minimum atomic E-state index is -0.114. The van der Waals surface area contributed by atoms with Crippen LogP contribution in [-0.2, 0) is 0 Å². The summed E-state index contributed by atoms with van der Waals surface area (Å²) in [6.45, 7) is -0.213. The van der Waals surface area contributed by atoms with Crippen LogP contribution in [0.3, 0.4) is 0 Å². The summed E-state index contributed by atoms with van der Waals surface area (Å²) < 4.78 is 7.34. The lowest BCUT2D eigenvalue weighted by molar-refractivity contribution is 0.625. The maximum atomic E-state index is 5.08. The lowest BCUT2D eigenvalue weighted by Crippen LogP contribution is -2.74. The Kier molecular flexibility index (Phi) is 8.02. The molecule has 5 aromatic carbocycles. The second-order valence-electron chi connectivity index (χ2n) is 13.7. The molecular weight excluding hydrogens is 657 g/mol. The van der Waals surface area contributed by atoms with Gasteiger partial charge in [-0.3, -0.25) is 0 Å². The summed E-state index contributed by atoms with van der Waals surface area (Å²) in [6.07, 6.45) is 15.5. The Morgan fingerprint density at radius 2 is 0.870 bits per heavy atom. The van der Waals surface area contributed by atoms with Gasteiger partial charge in [0.05, 0.1) is 0 Å². The van der Waals surface area contributed by atoms with Crippen LogP contribution in [0, 0.1) is 0 Å². The van der Waals surface area contributed by atoms with Crippen molar-refractivity contribution in [3.8, 4) is 33.9 Å². The number of hydrogen-bond acceptors (Lipinski definition) is 6. The van der Waals surface area contributed by atoms with Crippen molar-refractivity contribution >= 4 is 37.6 Å². The highest BCUT2D eigenvalue weighted by atomic mass is 15.3. The molecule has 5 heterocycles. The largest absolute Gasteiger partial charge is 0.423 e. The summed E-state index contributed by atoms with van der Waals surface area (Å²) >= 11 is 0. The maximum Gasteiger partial charge on any atom is 0.388 e. The zero-order valence-corrected chi connectivity index (χ0v) is 29.5. The normalized spacial score (nSPS) is 15.7. The van der Waals surface area contributed by atoms with Crippen LogP contribution in [0.5, 0.6) is 0 Å². The van der Waals surface area contributed by atoms with Crippen molar-refractivity contribution < 1.29 is 0 Å².